The largest absolute Gasteiger partial charge is 0.394 e. The van der Waals surface area contributed by atoms with E-state index in [2.05, 4.69) is 20.8 Å². The van der Waals surface area contributed by atoms with Gasteiger partial charge in [-0.3, -0.25) is 0 Å². The molecule has 1 aromatic rings. The van der Waals surface area contributed by atoms with Crippen LogP contribution in [0.3, 0.4) is 0 Å². The zero-order chi connectivity index (χ0) is 14.4. The van der Waals surface area contributed by atoms with E-state index in [4.69, 9.17) is 0 Å². The molecule has 7 heteroatoms. The first-order valence-corrected chi connectivity index (χ1v) is 7.23. The molecule has 2 amide bonds. The van der Waals surface area contributed by atoms with Gasteiger partial charge in [0.05, 0.1) is 12.1 Å². The van der Waals surface area contributed by atoms with Crippen molar-refractivity contribution in [2.75, 3.05) is 13.2 Å². The van der Waals surface area contributed by atoms with Crippen LogP contribution in [-0.2, 0) is 13.0 Å². The lowest BCUT2D eigenvalue weighted by Crippen LogP contribution is -2.53. The summed E-state index contributed by atoms with van der Waals surface area (Å²) in [4.78, 5) is 11.9. The monoisotopic (exact) mass is 281 g/mol. The van der Waals surface area contributed by atoms with Crippen LogP contribution >= 0.6 is 0 Å². The predicted octanol–water partition coefficient (Wildman–Crippen LogP) is 0.445. The standard InChI is InChI=1S/C13H23N5O2/c1-2-11-17-15-10-18(11)8-7-14-12(20)16-13(9-19)5-3-4-6-13/h10,19H,2-9H2,1H3,(H2,14,16,20). The summed E-state index contributed by atoms with van der Waals surface area (Å²) in [6.45, 7) is 3.19. The molecule has 0 radical (unpaired) electrons. The van der Waals surface area contributed by atoms with Crippen LogP contribution in [0.2, 0.25) is 0 Å². The SMILES string of the molecule is CCc1nncn1CCNC(=O)NC1(CO)CCCC1. The second-order valence-electron chi connectivity index (χ2n) is 5.32. The fraction of sp³-hybridized carbons (Fsp3) is 0.769. The number of aliphatic hydroxyl groups is 1. The van der Waals surface area contributed by atoms with Crippen molar-refractivity contribution in [3.05, 3.63) is 12.2 Å². The molecule has 0 bridgehead atoms. The summed E-state index contributed by atoms with van der Waals surface area (Å²) in [5.41, 5.74) is -0.421. The number of carbonyl (C=O) groups excluding carboxylic acids is 1. The van der Waals surface area contributed by atoms with Crippen LogP contribution in [-0.4, -0.2) is 44.6 Å². The molecule has 2 rings (SSSR count). The smallest absolute Gasteiger partial charge is 0.315 e. The van der Waals surface area contributed by atoms with Crippen LogP contribution in [0.15, 0.2) is 6.33 Å². The zero-order valence-corrected chi connectivity index (χ0v) is 11.9. The highest BCUT2D eigenvalue weighted by Gasteiger charge is 2.34. The topological polar surface area (TPSA) is 92.1 Å². The number of nitrogens with zero attached hydrogens (tertiary/aromatic N) is 3. The second kappa shape index (κ2) is 6.69. The molecule has 20 heavy (non-hydrogen) atoms. The van der Waals surface area contributed by atoms with E-state index in [-0.39, 0.29) is 12.6 Å². The highest BCUT2D eigenvalue weighted by Crippen LogP contribution is 2.28. The minimum Gasteiger partial charge on any atom is -0.394 e. The Labute approximate surface area is 118 Å². The van der Waals surface area contributed by atoms with Gasteiger partial charge in [0.15, 0.2) is 0 Å². The fourth-order valence-electron chi connectivity index (χ4n) is 2.69. The number of aromatic nitrogens is 3. The van der Waals surface area contributed by atoms with Gasteiger partial charge in [0, 0.05) is 19.5 Å². The van der Waals surface area contributed by atoms with E-state index in [0.29, 0.717) is 13.1 Å². The molecule has 1 heterocycles. The lowest BCUT2D eigenvalue weighted by atomic mass is 9.99. The molecule has 112 valence electrons. The Hall–Kier alpha value is -1.63. The summed E-state index contributed by atoms with van der Waals surface area (Å²) in [5, 5.41) is 23.0. The van der Waals surface area contributed by atoms with Crippen molar-refractivity contribution in [3.63, 3.8) is 0 Å². The molecule has 1 aliphatic rings. The molecular weight excluding hydrogens is 258 g/mol. The Kier molecular flexibility index (Phi) is 4.94. The first kappa shape index (κ1) is 14.8. The molecule has 0 aromatic carbocycles. The molecule has 0 spiro atoms. The molecule has 3 N–H and O–H groups in total. The maximum absolute atomic E-state index is 11.9. The van der Waals surface area contributed by atoms with E-state index >= 15 is 0 Å². The number of amides is 2. The highest BCUT2D eigenvalue weighted by atomic mass is 16.3. The predicted molar refractivity (Wildman–Crippen MR) is 74.2 cm³/mol. The molecule has 0 unspecified atom stereocenters. The van der Waals surface area contributed by atoms with E-state index in [9.17, 15) is 9.90 Å². The Morgan fingerprint density at radius 1 is 1.50 bits per heavy atom. The third-order valence-corrected chi connectivity index (χ3v) is 3.89. The van der Waals surface area contributed by atoms with Crippen molar-refractivity contribution >= 4 is 6.03 Å². The van der Waals surface area contributed by atoms with Crippen molar-refractivity contribution in [1.82, 2.24) is 25.4 Å². The van der Waals surface area contributed by atoms with Crippen LogP contribution in [0.25, 0.3) is 0 Å². The molecular formula is C13H23N5O2. The molecule has 0 saturated heterocycles. The molecule has 1 fully saturated rings. The summed E-state index contributed by atoms with van der Waals surface area (Å²) < 4.78 is 1.93. The van der Waals surface area contributed by atoms with Crippen molar-refractivity contribution in [2.45, 2.75) is 51.1 Å². The maximum Gasteiger partial charge on any atom is 0.315 e. The third kappa shape index (κ3) is 3.47. The van der Waals surface area contributed by atoms with Crippen LogP contribution in [0.5, 0.6) is 0 Å². The number of nitrogens with one attached hydrogen (secondary N) is 2. The van der Waals surface area contributed by atoms with E-state index < -0.39 is 5.54 Å². The van der Waals surface area contributed by atoms with Gasteiger partial charge in [0.1, 0.15) is 12.2 Å². The molecule has 0 aliphatic heterocycles. The normalized spacial score (nSPS) is 17.1. The van der Waals surface area contributed by atoms with E-state index in [1.54, 1.807) is 6.33 Å². The van der Waals surface area contributed by atoms with Gasteiger partial charge >= 0.3 is 6.03 Å². The van der Waals surface area contributed by atoms with Gasteiger partial charge in [0.2, 0.25) is 0 Å². The van der Waals surface area contributed by atoms with Gasteiger partial charge in [-0.2, -0.15) is 0 Å². The van der Waals surface area contributed by atoms with Crippen LogP contribution in [0.1, 0.15) is 38.4 Å². The number of aryl methyl sites for hydroxylation is 1. The summed E-state index contributed by atoms with van der Waals surface area (Å²) in [5.74, 6) is 0.912. The lowest BCUT2D eigenvalue weighted by Gasteiger charge is -2.28. The summed E-state index contributed by atoms with van der Waals surface area (Å²) >= 11 is 0. The molecule has 0 atom stereocenters. The molecule has 7 nitrogen and oxygen atoms in total. The fourth-order valence-corrected chi connectivity index (χ4v) is 2.69. The number of urea groups is 1. The molecule has 1 aliphatic carbocycles. The summed E-state index contributed by atoms with van der Waals surface area (Å²) in [6.07, 6.45) is 6.30. The first-order valence-electron chi connectivity index (χ1n) is 7.23. The number of hydrogen-bond acceptors (Lipinski definition) is 4. The van der Waals surface area contributed by atoms with Crippen LogP contribution in [0, 0.1) is 0 Å². The minimum atomic E-state index is -0.421. The summed E-state index contributed by atoms with van der Waals surface area (Å²) in [6, 6.07) is -0.216. The third-order valence-electron chi connectivity index (χ3n) is 3.89. The van der Waals surface area contributed by atoms with Gasteiger partial charge in [-0.25, -0.2) is 4.79 Å². The Bertz CT molecular complexity index is 440. The molecule has 1 aromatic heterocycles. The number of carbonyl (C=O) groups is 1. The van der Waals surface area contributed by atoms with Crippen molar-refractivity contribution in [1.29, 1.82) is 0 Å². The number of hydrogen-bond donors (Lipinski definition) is 3. The van der Waals surface area contributed by atoms with E-state index in [1.165, 1.54) is 0 Å². The lowest BCUT2D eigenvalue weighted by molar-refractivity contribution is 0.163. The Balaban J connectivity index is 1.75. The van der Waals surface area contributed by atoms with E-state index in [1.807, 2.05) is 11.5 Å². The summed E-state index contributed by atoms with van der Waals surface area (Å²) in [7, 11) is 0. The van der Waals surface area contributed by atoms with Crippen molar-refractivity contribution < 1.29 is 9.90 Å². The van der Waals surface area contributed by atoms with Gasteiger partial charge in [-0.15, -0.1) is 10.2 Å². The van der Waals surface area contributed by atoms with Gasteiger partial charge in [-0.1, -0.05) is 19.8 Å². The first-order chi connectivity index (χ1) is 9.69. The Morgan fingerprint density at radius 3 is 2.90 bits per heavy atom. The highest BCUT2D eigenvalue weighted by molar-refractivity contribution is 5.74. The van der Waals surface area contributed by atoms with Crippen LogP contribution in [0.4, 0.5) is 4.79 Å². The van der Waals surface area contributed by atoms with Crippen molar-refractivity contribution in [2.24, 2.45) is 0 Å². The van der Waals surface area contributed by atoms with Gasteiger partial charge in [-0.05, 0) is 12.8 Å². The average Bonchev–Trinajstić information content (AvgIpc) is 3.08. The number of rotatable bonds is 6. The molecule has 1 saturated carbocycles. The van der Waals surface area contributed by atoms with Crippen molar-refractivity contribution in [3.8, 4) is 0 Å². The van der Waals surface area contributed by atoms with E-state index in [0.717, 1.165) is 37.9 Å². The Morgan fingerprint density at radius 2 is 2.25 bits per heavy atom. The zero-order valence-electron chi connectivity index (χ0n) is 11.9. The minimum absolute atomic E-state index is 0.00580. The van der Waals surface area contributed by atoms with Gasteiger partial charge < -0.3 is 20.3 Å². The maximum atomic E-state index is 11.9. The van der Waals surface area contributed by atoms with Gasteiger partial charge in [0.25, 0.3) is 0 Å². The quantitative estimate of drug-likeness (QED) is 0.705. The second-order valence-corrected chi connectivity index (χ2v) is 5.32. The van der Waals surface area contributed by atoms with Crippen LogP contribution < -0.4 is 10.6 Å². The number of aliphatic hydroxyl groups excluding tert-OH is 1. The average molecular weight is 281 g/mol.